The quantitative estimate of drug-likeness (QED) is 0.444. The second-order valence-corrected chi connectivity index (χ2v) is 9.15. The summed E-state index contributed by atoms with van der Waals surface area (Å²) in [6, 6.07) is -0.148. The van der Waals surface area contributed by atoms with Crippen LogP contribution in [0.15, 0.2) is 28.9 Å². The lowest BCUT2D eigenvalue weighted by atomic mass is 10.1. The van der Waals surface area contributed by atoms with Crippen molar-refractivity contribution >= 4 is 15.7 Å². The van der Waals surface area contributed by atoms with E-state index in [1.165, 1.54) is 0 Å². The highest BCUT2D eigenvalue weighted by molar-refractivity contribution is 7.93. The maximum absolute atomic E-state index is 12.8. The summed E-state index contributed by atoms with van der Waals surface area (Å²) in [5, 5.41) is 24.7. The van der Waals surface area contributed by atoms with Crippen molar-refractivity contribution in [3.63, 3.8) is 0 Å². The van der Waals surface area contributed by atoms with Gasteiger partial charge >= 0.3 is 0 Å². The lowest BCUT2D eigenvalue weighted by Crippen LogP contribution is -2.51. The van der Waals surface area contributed by atoms with Gasteiger partial charge in [0.1, 0.15) is 10.6 Å². The topological polar surface area (TPSA) is 111 Å². The van der Waals surface area contributed by atoms with Gasteiger partial charge in [-0.3, -0.25) is 5.32 Å². The predicted octanol–water partition coefficient (Wildman–Crippen LogP) is 0.465. The summed E-state index contributed by atoms with van der Waals surface area (Å²) in [6.07, 6.45) is 3.50. The van der Waals surface area contributed by atoms with Gasteiger partial charge in [-0.15, -0.1) is 0 Å². The minimum Gasteiger partial charge on any atom is -0.396 e. The fourth-order valence-corrected chi connectivity index (χ4v) is 4.93. The number of nitrogens with one attached hydrogen (secondary N) is 2. The Bertz CT molecular complexity index is 665. The Labute approximate surface area is 149 Å². The Morgan fingerprint density at radius 3 is 2.72 bits per heavy atom. The van der Waals surface area contributed by atoms with Crippen molar-refractivity contribution in [1.82, 2.24) is 10.6 Å². The highest BCUT2D eigenvalue weighted by Gasteiger charge is 2.57. The molecule has 1 fully saturated rings. The molecule has 2 aliphatic rings. The highest BCUT2D eigenvalue weighted by Crippen LogP contribution is 2.51. The van der Waals surface area contributed by atoms with E-state index in [9.17, 15) is 13.5 Å². The largest absolute Gasteiger partial charge is 0.396 e. The van der Waals surface area contributed by atoms with Gasteiger partial charge in [-0.1, -0.05) is 13.5 Å². The molecule has 1 heterocycles. The first-order valence-corrected chi connectivity index (χ1v) is 10.4. The molecule has 2 atom stereocenters. The van der Waals surface area contributed by atoms with E-state index in [0.29, 0.717) is 30.8 Å². The molecule has 8 heteroatoms. The molecule has 0 bridgehead atoms. The Kier molecular flexibility index (Phi) is 6.42. The Balaban J connectivity index is 2.34. The highest BCUT2D eigenvalue weighted by atomic mass is 32.2. The molecule has 7 nitrogen and oxygen atoms in total. The molecule has 1 saturated carbocycles. The average Bonchev–Trinajstić information content (AvgIpc) is 3.41. The van der Waals surface area contributed by atoms with Crippen LogP contribution in [0.2, 0.25) is 0 Å². The van der Waals surface area contributed by atoms with Crippen molar-refractivity contribution in [3.05, 3.63) is 23.9 Å². The van der Waals surface area contributed by atoms with Crippen LogP contribution in [0.4, 0.5) is 0 Å². The van der Waals surface area contributed by atoms with Gasteiger partial charge in [0.25, 0.3) is 0 Å². The Morgan fingerprint density at radius 2 is 2.20 bits per heavy atom. The van der Waals surface area contributed by atoms with Crippen LogP contribution in [0.5, 0.6) is 0 Å². The molecule has 0 saturated heterocycles. The molecule has 4 N–H and O–H groups in total. The van der Waals surface area contributed by atoms with E-state index < -0.39 is 14.6 Å². The zero-order chi connectivity index (χ0) is 18.7. The van der Waals surface area contributed by atoms with E-state index in [-0.39, 0.29) is 37.6 Å². The lowest BCUT2D eigenvalue weighted by molar-refractivity contribution is 0.243. The summed E-state index contributed by atoms with van der Waals surface area (Å²) in [7, 11) is -3.39. The number of sulfone groups is 1. The zero-order valence-corrected chi connectivity index (χ0v) is 15.8. The van der Waals surface area contributed by atoms with Gasteiger partial charge in [-0.25, -0.2) is 13.4 Å². The molecule has 0 radical (unpaired) electrons. The monoisotopic (exact) mass is 371 g/mol. The maximum atomic E-state index is 12.8. The van der Waals surface area contributed by atoms with E-state index in [0.717, 1.165) is 5.57 Å². The van der Waals surface area contributed by atoms with Gasteiger partial charge in [0.15, 0.2) is 9.84 Å². The first-order chi connectivity index (χ1) is 11.8. The molecule has 0 amide bonds. The van der Waals surface area contributed by atoms with Crippen molar-refractivity contribution in [2.24, 2.45) is 4.99 Å². The molecule has 1 aliphatic carbocycles. The molecule has 0 aromatic carbocycles. The minimum atomic E-state index is -3.39. The Morgan fingerprint density at radius 1 is 1.52 bits per heavy atom. The summed E-state index contributed by atoms with van der Waals surface area (Å²) < 4.78 is 24.6. The number of aliphatic hydroxyl groups is 2. The van der Waals surface area contributed by atoms with Crippen LogP contribution >= 0.6 is 0 Å². The minimum absolute atomic E-state index is 0.0253. The van der Waals surface area contributed by atoms with Gasteiger partial charge in [-0.05, 0) is 44.3 Å². The number of rotatable bonds is 10. The van der Waals surface area contributed by atoms with Crippen LogP contribution in [0.3, 0.4) is 0 Å². The average molecular weight is 372 g/mol. The third-order valence-electron chi connectivity index (χ3n) is 4.69. The van der Waals surface area contributed by atoms with Crippen LogP contribution in [-0.4, -0.2) is 60.4 Å². The number of hydrogen-bond acceptors (Lipinski definition) is 7. The smallest absolute Gasteiger partial charge is 0.161 e. The second-order valence-electron chi connectivity index (χ2n) is 6.73. The Hall–Kier alpha value is -1.22. The number of aliphatic hydroxyl groups excluding tert-OH is 2. The van der Waals surface area contributed by atoms with Crippen molar-refractivity contribution in [2.45, 2.75) is 56.5 Å². The van der Waals surface area contributed by atoms with Crippen LogP contribution in [0.1, 0.15) is 39.5 Å². The van der Waals surface area contributed by atoms with Crippen LogP contribution in [0, 0.1) is 0 Å². The van der Waals surface area contributed by atoms with Crippen LogP contribution in [0.25, 0.3) is 0 Å². The number of aliphatic imine (C=N–C) groups is 1. The number of hydrogen-bond donors (Lipinski definition) is 4. The summed E-state index contributed by atoms with van der Waals surface area (Å²) in [5.41, 5.74) is 1.34. The fraction of sp³-hybridized carbons (Fsp3) is 0.706. The molecule has 1 unspecified atom stereocenters. The zero-order valence-electron chi connectivity index (χ0n) is 15.0. The van der Waals surface area contributed by atoms with Crippen molar-refractivity contribution in [3.8, 4) is 0 Å². The van der Waals surface area contributed by atoms with Gasteiger partial charge in [0, 0.05) is 12.6 Å². The standard InChI is InChI=1S/C17H29N3O4S/c1-4-12(2)16-19-14(10-15(20-16)18-13(3)11-22)17(6-7-17)25(23,24)9-5-8-21/h10,13,15,18,21-22H,2,4-9,11H2,1,3H3,(H,19,20)/t13-,15?/m0/s1. The fourth-order valence-electron chi connectivity index (χ4n) is 2.88. The van der Waals surface area contributed by atoms with Gasteiger partial charge in [0.05, 0.1) is 24.2 Å². The molecule has 0 aromatic heterocycles. The van der Waals surface area contributed by atoms with E-state index in [4.69, 9.17) is 5.11 Å². The van der Waals surface area contributed by atoms with Crippen molar-refractivity contribution in [1.29, 1.82) is 0 Å². The molecule has 2 rings (SSSR count). The molecule has 0 aromatic rings. The third-order valence-corrected chi connectivity index (χ3v) is 7.32. The van der Waals surface area contributed by atoms with E-state index in [1.54, 1.807) is 6.08 Å². The number of nitrogens with zero attached hydrogens (tertiary/aromatic N) is 1. The third kappa shape index (κ3) is 4.31. The summed E-state index contributed by atoms with van der Waals surface area (Å²) in [6.45, 7) is 7.64. The number of amidine groups is 1. The SMILES string of the molecule is C=C(CC)C1=NC(C2(S(=O)(=O)CCCO)CC2)=CC(N[C@@H](C)CO)N1. The molecule has 0 spiro atoms. The van der Waals surface area contributed by atoms with Crippen molar-refractivity contribution < 1.29 is 18.6 Å². The normalized spacial score (nSPS) is 23.3. The molecule has 142 valence electrons. The summed E-state index contributed by atoms with van der Waals surface area (Å²) in [4.78, 5) is 4.57. The van der Waals surface area contributed by atoms with Crippen LogP contribution in [-0.2, 0) is 9.84 Å². The van der Waals surface area contributed by atoms with Gasteiger partial charge in [0.2, 0.25) is 0 Å². The van der Waals surface area contributed by atoms with Crippen molar-refractivity contribution in [2.75, 3.05) is 19.0 Å². The predicted molar refractivity (Wildman–Crippen MR) is 99.0 cm³/mol. The van der Waals surface area contributed by atoms with E-state index in [2.05, 4.69) is 22.2 Å². The lowest BCUT2D eigenvalue weighted by Gasteiger charge is -2.29. The van der Waals surface area contributed by atoms with E-state index in [1.807, 2.05) is 13.8 Å². The van der Waals surface area contributed by atoms with E-state index >= 15 is 0 Å². The molecule has 25 heavy (non-hydrogen) atoms. The van der Waals surface area contributed by atoms with Gasteiger partial charge < -0.3 is 15.5 Å². The first-order valence-electron chi connectivity index (χ1n) is 8.75. The maximum Gasteiger partial charge on any atom is 0.161 e. The summed E-state index contributed by atoms with van der Waals surface area (Å²) in [5.74, 6) is 0.546. The van der Waals surface area contributed by atoms with Gasteiger partial charge in [-0.2, -0.15) is 0 Å². The van der Waals surface area contributed by atoms with Crippen LogP contribution < -0.4 is 10.6 Å². The molecular weight excluding hydrogens is 342 g/mol. The summed E-state index contributed by atoms with van der Waals surface area (Å²) >= 11 is 0. The molecule has 1 aliphatic heterocycles. The molecular formula is C17H29N3O4S. The first kappa shape index (κ1) is 20.1. The second kappa shape index (κ2) is 7.99.